The highest BCUT2D eigenvalue weighted by molar-refractivity contribution is 5.95. The Balaban J connectivity index is 2.01. The number of carbonyl (C=O) groups is 1. The van der Waals surface area contributed by atoms with Crippen LogP contribution in [0.15, 0.2) is 42.5 Å². The second-order valence-corrected chi connectivity index (χ2v) is 7.48. The van der Waals surface area contributed by atoms with E-state index in [0.717, 1.165) is 23.2 Å². The molecule has 0 saturated heterocycles. The van der Waals surface area contributed by atoms with Crippen LogP contribution < -0.4 is 16.8 Å². The average molecular weight is 369 g/mol. The molecular formula is C22H32N4O. The minimum atomic E-state index is -0.124. The fourth-order valence-electron chi connectivity index (χ4n) is 3.12. The second-order valence-electron chi connectivity index (χ2n) is 7.48. The van der Waals surface area contributed by atoms with Gasteiger partial charge in [0.2, 0.25) is 0 Å². The summed E-state index contributed by atoms with van der Waals surface area (Å²) in [4.78, 5) is 14.8. The topological polar surface area (TPSA) is 84.4 Å². The molecule has 0 aliphatic rings. The molecule has 0 saturated carbocycles. The highest BCUT2D eigenvalue weighted by atomic mass is 16.1. The van der Waals surface area contributed by atoms with Crippen LogP contribution in [0.3, 0.4) is 0 Å². The fourth-order valence-corrected chi connectivity index (χ4v) is 3.12. The van der Waals surface area contributed by atoms with Gasteiger partial charge in [-0.2, -0.15) is 0 Å². The molecule has 0 spiro atoms. The molecule has 27 heavy (non-hydrogen) atoms. The quantitative estimate of drug-likeness (QED) is 0.624. The van der Waals surface area contributed by atoms with E-state index in [4.69, 9.17) is 11.5 Å². The van der Waals surface area contributed by atoms with Gasteiger partial charge in [-0.25, -0.2) is 0 Å². The zero-order valence-electron chi connectivity index (χ0n) is 16.8. The van der Waals surface area contributed by atoms with E-state index in [1.54, 1.807) is 6.07 Å². The number of nitrogens with one attached hydrogen (secondary N) is 1. The van der Waals surface area contributed by atoms with E-state index in [9.17, 15) is 4.79 Å². The molecule has 5 N–H and O–H groups in total. The second kappa shape index (κ2) is 9.53. The zero-order chi connectivity index (χ0) is 20.0. The van der Waals surface area contributed by atoms with E-state index >= 15 is 0 Å². The monoisotopic (exact) mass is 368 g/mol. The van der Waals surface area contributed by atoms with Crippen LogP contribution in [0.4, 0.5) is 5.69 Å². The minimum absolute atomic E-state index is 0.124. The number of anilines is 1. The van der Waals surface area contributed by atoms with Crippen molar-refractivity contribution in [1.29, 1.82) is 0 Å². The number of rotatable bonds is 8. The molecule has 0 radical (unpaired) electrons. The van der Waals surface area contributed by atoms with Crippen LogP contribution in [-0.4, -0.2) is 22.9 Å². The third-order valence-electron chi connectivity index (χ3n) is 4.80. The Morgan fingerprint density at radius 1 is 1.00 bits per heavy atom. The van der Waals surface area contributed by atoms with Gasteiger partial charge in [0.1, 0.15) is 0 Å². The summed E-state index contributed by atoms with van der Waals surface area (Å²) in [5.74, 6) is -0.124. The van der Waals surface area contributed by atoms with Gasteiger partial charge in [0.15, 0.2) is 0 Å². The first kappa shape index (κ1) is 20.9. The van der Waals surface area contributed by atoms with E-state index in [-0.39, 0.29) is 5.91 Å². The Kier molecular flexibility index (Phi) is 7.39. The molecule has 2 rings (SSSR count). The van der Waals surface area contributed by atoms with Gasteiger partial charge in [0.25, 0.3) is 5.91 Å². The number of nitrogens with zero attached hydrogens (tertiary/aromatic N) is 1. The highest BCUT2D eigenvalue weighted by Crippen LogP contribution is 2.19. The number of amides is 1. The van der Waals surface area contributed by atoms with Crippen molar-refractivity contribution in [2.45, 2.75) is 59.4 Å². The molecular weight excluding hydrogens is 336 g/mol. The Bertz CT molecular complexity index is 745. The maximum atomic E-state index is 12.4. The maximum absolute atomic E-state index is 12.4. The number of carbonyl (C=O) groups excluding carboxylic acids is 1. The number of hydrogen-bond acceptors (Lipinski definition) is 4. The van der Waals surface area contributed by atoms with Crippen molar-refractivity contribution in [3.63, 3.8) is 0 Å². The van der Waals surface area contributed by atoms with Crippen molar-refractivity contribution in [2.24, 2.45) is 5.73 Å². The molecule has 146 valence electrons. The molecule has 0 heterocycles. The third kappa shape index (κ3) is 5.81. The molecule has 0 fully saturated rings. The van der Waals surface area contributed by atoms with Crippen LogP contribution in [0, 0.1) is 0 Å². The van der Waals surface area contributed by atoms with Crippen LogP contribution in [0.2, 0.25) is 0 Å². The summed E-state index contributed by atoms with van der Waals surface area (Å²) < 4.78 is 0. The van der Waals surface area contributed by atoms with E-state index in [2.05, 4.69) is 37.9 Å². The first-order valence-corrected chi connectivity index (χ1v) is 9.52. The molecule has 0 atom stereocenters. The number of hydrogen-bond donors (Lipinski definition) is 3. The van der Waals surface area contributed by atoms with Gasteiger partial charge in [-0.3, -0.25) is 9.69 Å². The standard InChI is InChI=1S/C22H32N4O/c1-15(2)26(16(3)4)14-20-10-9-19(11-21(20)24)22(27)25-13-18-7-5-17(12-23)6-8-18/h5-11,15-16H,12-14,23-24H2,1-4H3,(H,25,27). The summed E-state index contributed by atoms with van der Waals surface area (Å²) in [6, 6.07) is 14.3. The van der Waals surface area contributed by atoms with Gasteiger partial charge < -0.3 is 16.8 Å². The molecule has 0 aromatic heterocycles. The zero-order valence-corrected chi connectivity index (χ0v) is 16.8. The summed E-state index contributed by atoms with van der Waals surface area (Å²) in [5.41, 5.74) is 16.2. The Labute approximate surface area is 162 Å². The predicted molar refractivity (Wildman–Crippen MR) is 112 cm³/mol. The van der Waals surface area contributed by atoms with Crippen molar-refractivity contribution >= 4 is 11.6 Å². The molecule has 0 aliphatic carbocycles. The van der Waals surface area contributed by atoms with Crippen molar-refractivity contribution in [1.82, 2.24) is 10.2 Å². The van der Waals surface area contributed by atoms with Crippen molar-refractivity contribution < 1.29 is 4.79 Å². The first-order valence-electron chi connectivity index (χ1n) is 9.52. The van der Waals surface area contributed by atoms with E-state index in [1.165, 1.54) is 0 Å². The summed E-state index contributed by atoms with van der Waals surface area (Å²) in [5, 5.41) is 2.94. The van der Waals surface area contributed by atoms with Gasteiger partial charge in [0, 0.05) is 43.0 Å². The molecule has 0 unspecified atom stereocenters. The van der Waals surface area contributed by atoms with Crippen LogP contribution in [0.25, 0.3) is 0 Å². The lowest BCUT2D eigenvalue weighted by atomic mass is 10.1. The van der Waals surface area contributed by atoms with E-state index in [1.807, 2.05) is 36.4 Å². The lowest BCUT2D eigenvalue weighted by molar-refractivity contribution is 0.0951. The van der Waals surface area contributed by atoms with Crippen LogP contribution in [0.5, 0.6) is 0 Å². The molecule has 1 amide bonds. The highest BCUT2D eigenvalue weighted by Gasteiger charge is 2.16. The van der Waals surface area contributed by atoms with Crippen LogP contribution in [0.1, 0.15) is 54.7 Å². The molecule has 2 aromatic carbocycles. The van der Waals surface area contributed by atoms with Crippen molar-refractivity contribution in [3.05, 3.63) is 64.7 Å². The molecule has 5 nitrogen and oxygen atoms in total. The Morgan fingerprint density at radius 2 is 1.59 bits per heavy atom. The SMILES string of the molecule is CC(C)N(Cc1ccc(C(=O)NCc2ccc(CN)cc2)cc1N)C(C)C. The van der Waals surface area contributed by atoms with Gasteiger partial charge in [-0.1, -0.05) is 30.3 Å². The van der Waals surface area contributed by atoms with E-state index in [0.29, 0.717) is 36.4 Å². The van der Waals surface area contributed by atoms with Crippen molar-refractivity contribution in [2.75, 3.05) is 5.73 Å². The summed E-state index contributed by atoms with van der Waals surface area (Å²) in [6.07, 6.45) is 0. The number of nitrogens with two attached hydrogens (primary N) is 2. The largest absolute Gasteiger partial charge is 0.398 e. The normalized spacial score (nSPS) is 11.4. The molecule has 0 bridgehead atoms. The summed E-state index contributed by atoms with van der Waals surface area (Å²) in [7, 11) is 0. The molecule has 0 aliphatic heterocycles. The fraction of sp³-hybridized carbons (Fsp3) is 0.409. The van der Waals surface area contributed by atoms with Crippen LogP contribution in [-0.2, 0) is 19.6 Å². The van der Waals surface area contributed by atoms with Crippen molar-refractivity contribution in [3.8, 4) is 0 Å². The molecule has 5 heteroatoms. The van der Waals surface area contributed by atoms with Gasteiger partial charge in [-0.15, -0.1) is 0 Å². The van der Waals surface area contributed by atoms with Crippen LogP contribution >= 0.6 is 0 Å². The Morgan fingerprint density at radius 3 is 2.11 bits per heavy atom. The minimum Gasteiger partial charge on any atom is -0.398 e. The number of benzene rings is 2. The lowest BCUT2D eigenvalue weighted by Gasteiger charge is -2.31. The predicted octanol–water partition coefficient (Wildman–Crippen LogP) is 3.28. The Hall–Kier alpha value is -2.37. The van der Waals surface area contributed by atoms with Gasteiger partial charge >= 0.3 is 0 Å². The first-order chi connectivity index (χ1) is 12.8. The smallest absolute Gasteiger partial charge is 0.251 e. The summed E-state index contributed by atoms with van der Waals surface area (Å²) >= 11 is 0. The number of nitrogen functional groups attached to an aromatic ring is 1. The van der Waals surface area contributed by atoms with Gasteiger partial charge in [0.05, 0.1) is 0 Å². The lowest BCUT2D eigenvalue weighted by Crippen LogP contribution is -2.36. The molecule has 2 aromatic rings. The third-order valence-corrected chi connectivity index (χ3v) is 4.80. The maximum Gasteiger partial charge on any atom is 0.251 e. The summed E-state index contributed by atoms with van der Waals surface area (Å²) in [6.45, 7) is 10.5. The van der Waals surface area contributed by atoms with Gasteiger partial charge in [-0.05, 0) is 56.5 Å². The van der Waals surface area contributed by atoms with E-state index < -0.39 is 0 Å². The average Bonchev–Trinajstić information content (AvgIpc) is 2.64.